The summed E-state index contributed by atoms with van der Waals surface area (Å²) in [6.45, 7) is 0. The van der Waals surface area contributed by atoms with Crippen LogP contribution in [0.25, 0.3) is 33.5 Å². The van der Waals surface area contributed by atoms with Crippen molar-refractivity contribution in [3.05, 3.63) is 103 Å². The molecule has 150 valence electrons. The van der Waals surface area contributed by atoms with Gasteiger partial charge in [-0.25, -0.2) is 4.98 Å². The Bertz CT molecular complexity index is 1360. The lowest BCUT2D eigenvalue weighted by Crippen LogP contribution is -2.11. The summed E-state index contributed by atoms with van der Waals surface area (Å²) in [5.74, 6) is 0.497. The van der Waals surface area contributed by atoms with E-state index in [0.29, 0.717) is 22.7 Å². The van der Waals surface area contributed by atoms with Gasteiger partial charge in [0.05, 0.1) is 12.0 Å². The second kappa shape index (κ2) is 7.80. The van der Waals surface area contributed by atoms with E-state index in [0.717, 1.165) is 27.7 Å². The second-order valence-electron chi connectivity index (χ2n) is 7.21. The third-order valence-corrected chi connectivity index (χ3v) is 5.08. The van der Waals surface area contributed by atoms with E-state index in [1.807, 2.05) is 91.0 Å². The fourth-order valence-corrected chi connectivity index (χ4v) is 3.54. The molecular formula is C26H19N3O2. The summed E-state index contributed by atoms with van der Waals surface area (Å²) >= 11 is 0. The summed E-state index contributed by atoms with van der Waals surface area (Å²) in [5.41, 5.74) is 10.3. The molecule has 2 heterocycles. The number of nitrogens with zero attached hydrogens (tertiary/aromatic N) is 1. The van der Waals surface area contributed by atoms with Crippen molar-refractivity contribution < 1.29 is 9.21 Å². The number of pyridine rings is 1. The Morgan fingerprint density at radius 2 is 1.68 bits per heavy atom. The molecule has 3 N–H and O–H groups in total. The van der Waals surface area contributed by atoms with E-state index in [9.17, 15) is 4.79 Å². The van der Waals surface area contributed by atoms with Crippen molar-refractivity contribution >= 4 is 28.1 Å². The van der Waals surface area contributed by atoms with Crippen molar-refractivity contribution in [1.82, 2.24) is 4.98 Å². The van der Waals surface area contributed by atoms with Crippen LogP contribution in [0, 0.1) is 0 Å². The molecule has 0 radical (unpaired) electrons. The SMILES string of the molecule is Nc1ccc(-c2nc(-c3ccco3)cc3cc(C(=O)Nc4ccccc4)ccc23)cc1. The number of carbonyl (C=O) groups is 1. The normalized spacial score (nSPS) is 10.8. The molecule has 5 nitrogen and oxygen atoms in total. The van der Waals surface area contributed by atoms with Gasteiger partial charge in [-0.1, -0.05) is 36.4 Å². The first-order valence-electron chi connectivity index (χ1n) is 9.88. The third-order valence-electron chi connectivity index (χ3n) is 5.08. The van der Waals surface area contributed by atoms with Crippen LogP contribution >= 0.6 is 0 Å². The smallest absolute Gasteiger partial charge is 0.255 e. The number of nitrogens with one attached hydrogen (secondary N) is 1. The fraction of sp³-hybridized carbons (Fsp3) is 0. The number of anilines is 2. The maximum absolute atomic E-state index is 12.8. The topological polar surface area (TPSA) is 81.2 Å². The number of rotatable bonds is 4. The zero-order valence-corrected chi connectivity index (χ0v) is 16.6. The van der Waals surface area contributed by atoms with Crippen LogP contribution in [0.2, 0.25) is 0 Å². The number of fused-ring (bicyclic) bond motifs is 1. The summed E-state index contributed by atoms with van der Waals surface area (Å²) < 4.78 is 5.57. The molecule has 3 aromatic carbocycles. The quantitative estimate of drug-likeness (QED) is 0.360. The van der Waals surface area contributed by atoms with Gasteiger partial charge in [0.2, 0.25) is 0 Å². The van der Waals surface area contributed by atoms with E-state index in [2.05, 4.69) is 5.32 Å². The molecule has 0 aliphatic rings. The van der Waals surface area contributed by atoms with Crippen LogP contribution in [0.3, 0.4) is 0 Å². The summed E-state index contributed by atoms with van der Waals surface area (Å²) in [5, 5.41) is 4.77. The highest BCUT2D eigenvalue weighted by Gasteiger charge is 2.14. The highest BCUT2D eigenvalue weighted by Crippen LogP contribution is 2.32. The number of aromatic nitrogens is 1. The first-order chi connectivity index (χ1) is 15.2. The Balaban J connectivity index is 1.63. The van der Waals surface area contributed by atoms with E-state index < -0.39 is 0 Å². The van der Waals surface area contributed by atoms with Crippen LogP contribution < -0.4 is 11.1 Å². The van der Waals surface area contributed by atoms with Crippen LogP contribution in [0.1, 0.15) is 10.4 Å². The van der Waals surface area contributed by atoms with E-state index in [-0.39, 0.29) is 5.91 Å². The predicted octanol–water partition coefficient (Wildman–Crippen LogP) is 6.00. The van der Waals surface area contributed by atoms with E-state index in [4.69, 9.17) is 15.1 Å². The highest BCUT2D eigenvalue weighted by atomic mass is 16.3. The van der Waals surface area contributed by atoms with Gasteiger partial charge < -0.3 is 15.5 Å². The van der Waals surface area contributed by atoms with E-state index in [1.54, 1.807) is 6.26 Å². The number of hydrogen-bond donors (Lipinski definition) is 2. The van der Waals surface area contributed by atoms with Gasteiger partial charge in [0.15, 0.2) is 5.76 Å². The minimum Gasteiger partial charge on any atom is -0.463 e. The van der Waals surface area contributed by atoms with Gasteiger partial charge in [-0.05, 0) is 60.0 Å². The molecule has 0 saturated carbocycles. The number of nitrogen functional groups attached to an aromatic ring is 1. The van der Waals surface area contributed by atoms with Crippen molar-refractivity contribution in [2.75, 3.05) is 11.1 Å². The van der Waals surface area contributed by atoms with Crippen molar-refractivity contribution in [3.8, 4) is 22.7 Å². The first-order valence-corrected chi connectivity index (χ1v) is 9.88. The maximum Gasteiger partial charge on any atom is 0.255 e. The van der Waals surface area contributed by atoms with Crippen molar-refractivity contribution in [3.63, 3.8) is 0 Å². The van der Waals surface area contributed by atoms with Crippen LogP contribution in [-0.4, -0.2) is 10.9 Å². The first kappa shape index (κ1) is 18.6. The van der Waals surface area contributed by atoms with Gasteiger partial charge in [-0.2, -0.15) is 0 Å². The molecule has 0 aliphatic carbocycles. The molecule has 0 spiro atoms. The van der Waals surface area contributed by atoms with Gasteiger partial charge in [-0.15, -0.1) is 0 Å². The van der Waals surface area contributed by atoms with Crippen molar-refractivity contribution in [2.24, 2.45) is 0 Å². The Labute approximate surface area is 179 Å². The maximum atomic E-state index is 12.8. The predicted molar refractivity (Wildman–Crippen MR) is 124 cm³/mol. The lowest BCUT2D eigenvalue weighted by Gasteiger charge is -2.11. The molecule has 5 rings (SSSR count). The molecule has 0 atom stereocenters. The van der Waals surface area contributed by atoms with Crippen molar-refractivity contribution in [2.45, 2.75) is 0 Å². The van der Waals surface area contributed by atoms with Crippen molar-refractivity contribution in [1.29, 1.82) is 0 Å². The Morgan fingerprint density at radius 1 is 0.871 bits per heavy atom. The Morgan fingerprint density at radius 3 is 2.42 bits per heavy atom. The average Bonchev–Trinajstić information content (AvgIpc) is 3.34. The zero-order valence-electron chi connectivity index (χ0n) is 16.6. The second-order valence-corrected chi connectivity index (χ2v) is 7.21. The average molecular weight is 405 g/mol. The minimum absolute atomic E-state index is 0.168. The van der Waals surface area contributed by atoms with Gasteiger partial charge in [0.25, 0.3) is 5.91 Å². The third kappa shape index (κ3) is 3.76. The van der Waals surface area contributed by atoms with Gasteiger partial charge in [0.1, 0.15) is 5.69 Å². The molecule has 31 heavy (non-hydrogen) atoms. The number of para-hydroxylation sites is 1. The summed E-state index contributed by atoms with van der Waals surface area (Å²) in [6, 6.07) is 28.2. The fourth-order valence-electron chi connectivity index (χ4n) is 3.54. The monoisotopic (exact) mass is 405 g/mol. The molecule has 5 heteroatoms. The Kier molecular flexibility index (Phi) is 4.69. The van der Waals surface area contributed by atoms with Crippen LogP contribution in [0.5, 0.6) is 0 Å². The highest BCUT2D eigenvalue weighted by molar-refractivity contribution is 6.08. The van der Waals surface area contributed by atoms with E-state index >= 15 is 0 Å². The van der Waals surface area contributed by atoms with Crippen LogP contribution in [-0.2, 0) is 0 Å². The van der Waals surface area contributed by atoms with E-state index in [1.165, 1.54) is 0 Å². The molecule has 2 aromatic heterocycles. The minimum atomic E-state index is -0.168. The lowest BCUT2D eigenvalue weighted by molar-refractivity contribution is 0.102. The number of furan rings is 1. The molecule has 0 aliphatic heterocycles. The Hall–Kier alpha value is -4.38. The van der Waals surface area contributed by atoms with Gasteiger partial charge >= 0.3 is 0 Å². The number of nitrogens with two attached hydrogens (primary N) is 1. The summed E-state index contributed by atoms with van der Waals surface area (Å²) in [6.07, 6.45) is 1.62. The van der Waals surface area contributed by atoms with Gasteiger partial charge in [-0.3, -0.25) is 4.79 Å². The summed E-state index contributed by atoms with van der Waals surface area (Å²) in [4.78, 5) is 17.7. The van der Waals surface area contributed by atoms with Crippen LogP contribution in [0.15, 0.2) is 102 Å². The zero-order chi connectivity index (χ0) is 21.2. The summed E-state index contributed by atoms with van der Waals surface area (Å²) in [7, 11) is 0. The number of amides is 1. The molecule has 0 saturated heterocycles. The standard InChI is InChI=1S/C26H19N3O2/c27-20-11-8-17(9-12-20)25-22-13-10-18(26(30)28-21-5-2-1-3-6-21)15-19(22)16-23(29-25)24-7-4-14-31-24/h1-16H,27H2,(H,28,30). The molecule has 0 bridgehead atoms. The molecule has 5 aromatic rings. The lowest BCUT2D eigenvalue weighted by atomic mass is 10.00. The number of benzene rings is 3. The largest absolute Gasteiger partial charge is 0.463 e. The molecule has 1 amide bonds. The molecular weight excluding hydrogens is 386 g/mol. The number of carbonyl (C=O) groups excluding carboxylic acids is 1. The molecule has 0 fully saturated rings. The molecule has 0 unspecified atom stereocenters. The van der Waals surface area contributed by atoms with Gasteiger partial charge in [0, 0.05) is 27.9 Å². The van der Waals surface area contributed by atoms with Crippen LogP contribution in [0.4, 0.5) is 11.4 Å². The number of hydrogen-bond acceptors (Lipinski definition) is 4.